The summed E-state index contributed by atoms with van der Waals surface area (Å²) in [4.78, 5) is 4.02. The van der Waals surface area contributed by atoms with Gasteiger partial charge < -0.3 is 9.84 Å². The summed E-state index contributed by atoms with van der Waals surface area (Å²) in [6.07, 6.45) is 1.43. The first-order valence-electron chi connectivity index (χ1n) is 5.55. The van der Waals surface area contributed by atoms with Crippen molar-refractivity contribution in [3.05, 3.63) is 41.7 Å². The van der Waals surface area contributed by atoms with Crippen LogP contribution in [0.4, 0.5) is 4.39 Å². The molecule has 5 nitrogen and oxygen atoms in total. The highest BCUT2D eigenvalue weighted by Gasteiger charge is 2.06. The molecule has 0 saturated carbocycles. The van der Waals surface area contributed by atoms with Gasteiger partial charge in [0.2, 0.25) is 0 Å². The van der Waals surface area contributed by atoms with E-state index in [-0.39, 0.29) is 13.2 Å². The van der Waals surface area contributed by atoms with E-state index < -0.39 is 5.82 Å². The monoisotopic (exact) mass is 261 g/mol. The van der Waals surface area contributed by atoms with Crippen molar-refractivity contribution in [2.75, 3.05) is 6.61 Å². The molecular weight excluding hydrogens is 249 g/mol. The molecule has 0 aliphatic carbocycles. The topological polar surface area (TPSA) is 60.2 Å². The predicted molar refractivity (Wildman–Crippen MR) is 65.7 cm³/mol. The average molecular weight is 261 g/mol. The molecule has 19 heavy (non-hydrogen) atoms. The lowest BCUT2D eigenvalue weighted by Gasteiger charge is -2.07. The molecule has 1 aromatic carbocycles. The molecule has 0 atom stereocenters. The maximum Gasteiger partial charge on any atom is 0.164 e. The summed E-state index contributed by atoms with van der Waals surface area (Å²) in [6, 6.07) is 4.04. The minimum Gasteiger partial charge on any atom is -0.484 e. The molecule has 0 radical (unpaired) electrons. The molecule has 0 aliphatic heterocycles. The average Bonchev–Trinajstić information content (AvgIpc) is 2.81. The standard InChI is InChI=1S/C13H12FN3O2/c1-17-13(15-9-16-17)8-19-12-5-4-11(14)7-10(12)3-2-6-18/h4-5,7,9,18H,6,8H2,1H3. The van der Waals surface area contributed by atoms with Gasteiger partial charge in [-0.2, -0.15) is 5.10 Å². The Hall–Kier alpha value is -2.39. The molecule has 0 aliphatic rings. The Balaban J connectivity index is 2.17. The van der Waals surface area contributed by atoms with Crippen LogP contribution in [0.2, 0.25) is 0 Å². The van der Waals surface area contributed by atoms with E-state index in [1.54, 1.807) is 11.7 Å². The third kappa shape index (κ3) is 3.30. The van der Waals surface area contributed by atoms with Gasteiger partial charge in [-0.3, -0.25) is 4.68 Å². The van der Waals surface area contributed by atoms with Crippen molar-refractivity contribution in [2.45, 2.75) is 6.61 Å². The molecule has 0 saturated heterocycles. The fourth-order valence-electron chi connectivity index (χ4n) is 1.45. The van der Waals surface area contributed by atoms with Gasteiger partial charge in [0.05, 0.1) is 5.56 Å². The van der Waals surface area contributed by atoms with Crippen molar-refractivity contribution >= 4 is 0 Å². The quantitative estimate of drug-likeness (QED) is 0.833. The van der Waals surface area contributed by atoms with E-state index in [0.717, 1.165) is 0 Å². The number of hydrogen-bond acceptors (Lipinski definition) is 4. The Kier molecular flexibility index (Phi) is 4.11. The van der Waals surface area contributed by atoms with E-state index in [4.69, 9.17) is 9.84 Å². The lowest BCUT2D eigenvalue weighted by Crippen LogP contribution is -2.05. The zero-order valence-corrected chi connectivity index (χ0v) is 10.3. The summed E-state index contributed by atoms with van der Waals surface area (Å²) >= 11 is 0. The van der Waals surface area contributed by atoms with Crippen molar-refractivity contribution in [1.82, 2.24) is 14.8 Å². The van der Waals surface area contributed by atoms with Crippen LogP contribution in [0, 0.1) is 17.7 Å². The second kappa shape index (κ2) is 5.98. The van der Waals surface area contributed by atoms with E-state index in [1.165, 1.54) is 24.5 Å². The fourth-order valence-corrected chi connectivity index (χ4v) is 1.45. The van der Waals surface area contributed by atoms with E-state index in [1.807, 2.05) is 0 Å². The molecule has 98 valence electrons. The number of hydrogen-bond donors (Lipinski definition) is 1. The molecule has 0 amide bonds. The van der Waals surface area contributed by atoms with Gasteiger partial charge >= 0.3 is 0 Å². The Labute approximate surface area is 109 Å². The summed E-state index contributed by atoms with van der Waals surface area (Å²) in [5, 5.41) is 12.6. The predicted octanol–water partition coefficient (Wildman–Crippen LogP) is 0.877. The fraction of sp³-hybridized carbons (Fsp3) is 0.231. The number of aromatic nitrogens is 3. The molecule has 1 N–H and O–H groups in total. The zero-order chi connectivity index (χ0) is 13.7. The maximum atomic E-state index is 13.1. The van der Waals surface area contributed by atoms with Crippen LogP contribution in [0.5, 0.6) is 5.75 Å². The van der Waals surface area contributed by atoms with Gasteiger partial charge in [0, 0.05) is 7.05 Å². The van der Waals surface area contributed by atoms with Crippen molar-refractivity contribution in [2.24, 2.45) is 7.05 Å². The van der Waals surface area contributed by atoms with Crippen molar-refractivity contribution < 1.29 is 14.2 Å². The number of aryl methyl sites for hydroxylation is 1. The van der Waals surface area contributed by atoms with Gasteiger partial charge in [0.1, 0.15) is 31.1 Å². The van der Waals surface area contributed by atoms with Gasteiger partial charge in [-0.1, -0.05) is 11.8 Å². The van der Waals surface area contributed by atoms with E-state index in [9.17, 15) is 4.39 Å². The molecule has 1 aromatic heterocycles. The largest absolute Gasteiger partial charge is 0.484 e. The van der Waals surface area contributed by atoms with E-state index in [2.05, 4.69) is 21.9 Å². The zero-order valence-electron chi connectivity index (χ0n) is 10.3. The highest BCUT2D eigenvalue weighted by atomic mass is 19.1. The summed E-state index contributed by atoms with van der Waals surface area (Å²) in [7, 11) is 1.75. The lowest BCUT2D eigenvalue weighted by molar-refractivity contribution is 0.288. The minimum atomic E-state index is -0.409. The second-order valence-corrected chi connectivity index (χ2v) is 3.69. The molecule has 6 heteroatoms. The number of nitrogens with zero attached hydrogens (tertiary/aromatic N) is 3. The molecule has 2 rings (SSSR count). The summed E-state index contributed by atoms with van der Waals surface area (Å²) in [5.41, 5.74) is 0.385. The van der Waals surface area contributed by atoms with Crippen LogP contribution in [-0.2, 0) is 13.7 Å². The number of benzene rings is 1. The SMILES string of the molecule is Cn1ncnc1COc1ccc(F)cc1C#CCO. The first kappa shape index (κ1) is 13.1. The van der Waals surface area contributed by atoms with Crippen molar-refractivity contribution in [3.63, 3.8) is 0 Å². The maximum absolute atomic E-state index is 13.1. The molecule has 2 aromatic rings. The van der Waals surface area contributed by atoms with Crippen LogP contribution in [-0.4, -0.2) is 26.5 Å². The molecule has 1 heterocycles. The third-order valence-corrected chi connectivity index (χ3v) is 2.41. The normalized spacial score (nSPS) is 9.84. The van der Waals surface area contributed by atoms with Crippen LogP contribution in [0.25, 0.3) is 0 Å². The van der Waals surface area contributed by atoms with Gasteiger partial charge in [0.25, 0.3) is 0 Å². The second-order valence-electron chi connectivity index (χ2n) is 3.69. The van der Waals surface area contributed by atoms with Crippen LogP contribution < -0.4 is 4.74 Å². The van der Waals surface area contributed by atoms with Crippen LogP contribution in [0.15, 0.2) is 24.5 Å². The smallest absolute Gasteiger partial charge is 0.164 e. The van der Waals surface area contributed by atoms with E-state index >= 15 is 0 Å². The Bertz CT molecular complexity index is 628. The summed E-state index contributed by atoms with van der Waals surface area (Å²) in [5.74, 6) is 5.77. The lowest BCUT2D eigenvalue weighted by atomic mass is 10.2. The highest BCUT2D eigenvalue weighted by molar-refractivity contribution is 5.46. The van der Waals surface area contributed by atoms with Crippen LogP contribution in [0.1, 0.15) is 11.4 Å². The molecular formula is C13H12FN3O2. The molecule has 0 unspecified atom stereocenters. The third-order valence-electron chi connectivity index (χ3n) is 2.41. The molecule has 0 fully saturated rings. The molecule has 0 spiro atoms. The Morgan fingerprint density at radius 1 is 1.47 bits per heavy atom. The summed E-state index contributed by atoms with van der Waals surface area (Å²) < 4.78 is 20.3. The van der Waals surface area contributed by atoms with E-state index in [0.29, 0.717) is 17.1 Å². The first-order chi connectivity index (χ1) is 9.20. The van der Waals surface area contributed by atoms with Crippen LogP contribution >= 0.6 is 0 Å². The van der Waals surface area contributed by atoms with Crippen molar-refractivity contribution in [1.29, 1.82) is 0 Å². The van der Waals surface area contributed by atoms with Gasteiger partial charge in [-0.25, -0.2) is 9.37 Å². The molecule has 0 bridgehead atoms. The van der Waals surface area contributed by atoms with Crippen molar-refractivity contribution in [3.8, 4) is 17.6 Å². The minimum absolute atomic E-state index is 0.204. The van der Waals surface area contributed by atoms with Gasteiger partial charge in [0.15, 0.2) is 5.82 Å². The number of aliphatic hydroxyl groups is 1. The highest BCUT2D eigenvalue weighted by Crippen LogP contribution is 2.19. The number of ether oxygens (including phenoxy) is 1. The number of halogens is 1. The summed E-state index contributed by atoms with van der Waals surface area (Å²) in [6.45, 7) is -0.0881. The van der Waals surface area contributed by atoms with Gasteiger partial charge in [-0.05, 0) is 18.2 Å². The number of rotatable bonds is 3. The number of aliphatic hydroxyl groups excluding tert-OH is 1. The Morgan fingerprint density at radius 3 is 3.00 bits per heavy atom. The first-order valence-corrected chi connectivity index (χ1v) is 5.55. The van der Waals surface area contributed by atoms with Crippen LogP contribution in [0.3, 0.4) is 0 Å². The Morgan fingerprint density at radius 2 is 2.32 bits per heavy atom. The van der Waals surface area contributed by atoms with Gasteiger partial charge in [-0.15, -0.1) is 0 Å².